The number of rotatable bonds is 5. The average Bonchev–Trinajstić information content (AvgIpc) is 2.88. The lowest BCUT2D eigenvalue weighted by Crippen LogP contribution is -2.27. The van der Waals surface area contributed by atoms with E-state index in [2.05, 4.69) is 43.2 Å². The molecule has 0 aromatic heterocycles. The Kier molecular flexibility index (Phi) is 4.83. The zero-order valence-electron chi connectivity index (χ0n) is 12.6. The SMILES string of the molecule is COc1ccc(CN(C)CC2CCNC2)c(C)c1C. The highest BCUT2D eigenvalue weighted by Crippen LogP contribution is 2.24. The van der Waals surface area contributed by atoms with Gasteiger partial charge in [0.25, 0.3) is 0 Å². The van der Waals surface area contributed by atoms with Crippen LogP contribution in [0.25, 0.3) is 0 Å². The van der Waals surface area contributed by atoms with Crippen LogP contribution in [0.1, 0.15) is 23.1 Å². The second-order valence-electron chi connectivity index (χ2n) is 5.73. The van der Waals surface area contributed by atoms with E-state index in [1.54, 1.807) is 7.11 Å². The zero-order valence-corrected chi connectivity index (χ0v) is 12.6. The molecule has 1 fully saturated rings. The lowest BCUT2D eigenvalue weighted by molar-refractivity contribution is 0.278. The molecular weight excluding hydrogens is 236 g/mol. The molecular formula is C16H26N2O. The van der Waals surface area contributed by atoms with Crippen LogP contribution >= 0.6 is 0 Å². The van der Waals surface area contributed by atoms with Gasteiger partial charge >= 0.3 is 0 Å². The fraction of sp³-hybridized carbons (Fsp3) is 0.625. The molecule has 0 bridgehead atoms. The molecule has 106 valence electrons. The van der Waals surface area contributed by atoms with Crippen LogP contribution in [0, 0.1) is 19.8 Å². The Hall–Kier alpha value is -1.06. The summed E-state index contributed by atoms with van der Waals surface area (Å²) in [5, 5.41) is 3.43. The van der Waals surface area contributed by atoms with Crippen molar-refractivity contribution in [2.75, 3.05) is 33.8 Å². The molecule has 0 saturated carbocycles. The minimum absolute atomic E-state index is 0.810. The number of hydrogen-bond acceptors (Lipinski definition) is 3. The molecule has 1 saturated heterocycles. The van der Waals surface area contributed by atoms with Crippen molar-refractivity contribution in [3.05, 3.63) is 28.8 Å². The third-order valence-corrected chi connectivity index (χ3v) is 4.24. The first-order valence-electron chi connectivity index (χ1n) is 7.14. The van der Waals surface area contributed by atoms with E-state index < -0.39 is 0 Å². The molecule has 0 aliphatic carbocycles. The summed E-state index contributed by atoms with van der Waals surface area (Å²) in [6.45, 7) is 8.88. The molecule has 1 unspecified atom stereocenters. The van der Waals surface area contributed by atoms with Crippen LogP contribution in [-0.2, 0) is 6.54 Å². The number of nitrogens with one attached hydrogen (secondary N) is 1. The first kappa shape index (κ1) is 14.4. The molecule has 0 amide bonds. The molecule has 3 heteroatoms. The Morgan fingerprint density at radius 1 is 1.32 bits per heavy atom. The highest BCUT2D eigenvalue weighted by Gasteiger charge is 2.17. The van der Waals surface area contributed by atoms with Crippen molar-refractivity contribution in [2.45, 2.75) is 26.8 Å². The van der Waals surface area contributed by atoms with Crippen LogP contribution in [0.4, 0.5) is 0 Å². The summed E-state index contributed by atoms with van der Waals surface area (Å²) < 4.78 is 5.37. The average molecular weight is 262 g/mol. The van der Waals surface area contributed by atoms with Crippen molar-refractivity contribution in [1.29, 1.82) is 0 Å². The van der Waals surface area contributed by atoms with Crippen molar-refractivity contribution in [3.63, 3.8) is 0 Å². The van der Waals surface area contributed by atoms with Crippen LogP contribution in [0.2, 0.25) is 0 Å². The molecule has 0 radical (unpaired) electrons. The number of nitrogens with zero attached hydrogens (tertiary/aromatic N) is 1. The molecule has 1 atom stereocenters. The predicted octanol–water partition coefficient (Wildman–Crippen LogP) is 2.35. The quantitative estimate of drug-likeness (QED) is 0.881. The third-order valence-electron chi connectivity index (χ3n) is 4.24. The molecule has 1 heterocycles. The molecule has 1 aliphatic heterocycles. The molecule has 2 rings (SSSR count). The normalized spacial score (nSPS) is 19.1. The molecule has 19 heavy (non-hydrogen) atoms. The van der Waals surface area contributed by atoms with Crippen molar-refractivity contribution >= 4 is 0 Å². The minimum Gasteiger partial charge on any atom is -0.496 e. The van der Waals surface area contributed by atoms with Crippen LogP contribution in [0.15, 0.2) is 12.1 Å². The van der Waals surface area contributed by atoms with Crippen LogP contribution in [0.5, 0.6) is 5.75 Å². The monoisotopic (exact) mass is 262 g/mol. The van der Waals surface area contributed by atoms with Crippen molar-refractivity contribution in [1.82, 2.24) is 10.2 Å². The maximum atomic E-state index is 5.37. The molecule has 1 aromatic rings. The first-order valence-corrected chi connectivity index (χ1v) is 7.14. The Bertz CT molecular complexity index is 425. The maximum absolute atomic E-state index is 5.37. The summed E-state index contributed by atoms with van der Waals surface area (Å²) in [5.41, 5.74) is 4.03. The fourth-order valence-electron chi connectivity index (χ4n) is 2.91. The van der Waals surface area contributed by atoms with Crippen molar-refractivity contribution in [2.24, 2.45) is 5.92 Å². The van der Waals surface area contributed by atoms with E-state index in [1.165, 1.54) is 42.7 Å². The smallest absolute Gasteiger partial charge is 0.122 e. The van der Waals surface area contributed by atoms with E-state index in [1.807, 2.05) is 0 Å². The van der Waals surface area contributed by atoms with Gasteiger partial charge in [-0.25, -0.2) is 0 Å². The standard InChI is InChI=1S/C16H26N2O/c1-12-13(2)16(19-4)6-5-15(12)11-18(3)10-14-7-8-17-9-14/h5-6,14,17H,7-11H2,1-4H3. The van der Waals surface area contributed by atoms with Gasteiger partial charge in [0.15, 0.2) is 0 Å². The van der Waals surface area contributed by atoms with E-state index in [0.717, 1.165) is 18.2 Å². The van der Waals surface area contributed by atoms with E-state index >= 15 is 0 Å². The summed E-state index contributed by atoms with van der Waals surface area (Å²) in [6.07, 6.45) is 1.31. The van der Waals surface area contributed by atoms with Gasteiger partial charge in [0.1, 0.15) is 5.75 Å². The van der Waals surface area contributed by atoms with Crippen LogP contribution < -0.4 is 10.1 Å². The van der Waals surface area contributed by atoms with Crippen molar-refractivity contribution < 1.29 is 4.74 Å². The number of methoxy groups -OCH3 is 1. The van der Waals surface area contributed by atoms with E-state index in [4.69, 9.17) is 4.74 Å². The Morgan fingerprint density at radius 2 is 2.11 bits per heavy atom. The number of benzene rings is 1. The van der Waals surface area contributed by atoms with Gasteiger partial charge in [0, 0.05) is 13.1 Å². The molecule has 3 nitrogen and oxygen atoms in total. The highest BCUT2D eigenvalue weighted by molar-refractivity contribution is 5.43. The third kappa shape index (κ3) is 3.48. The zero-order chi connectivity index (χ0) is 13.8. The van der Waals surface area contributed by atoms with Gasteiger partial charge in [-0.1, -0.05) is 6.07 Å². The van der Waals surface area contributed by atoms with Gasteiger partial charge in [-0.15, -0.1) is 0 Å². The predicted molar refractivity (Wildman–Crippen MR) is 79.8 cm³/mol. The Balaban J connectivity index is 2.00. The summed E-state index contributed by atoms with van der Waals surface area (Å²) in [5.74, 6) is 1.80. The van der Waals surface area contributed by atoms with Gasteiger partial charge in [0.05, 0.1) is 7.11 Å². The summed E-state index contributed by atoms with van der Waals surface area (Å²) >= 11 is 0. The van der Waals surface area contributed by atoms with E-state index in [0.29, 0.717) is 0 Å². The van der Waals surface area contributed by atoms with Gasteiger partial charge in [-0.2, -0.15) is 0 Å². The first-order chi connectivity index (χ1) is 9.11. The molecule has 1 N–H and O–H groups in total. The van der Waals surface area contributed by atoms with E-state index in [-0.39, 0.29) is 0 Å². The summed E-state index contributed by atoms with van der Waals surface area (Å²) in [7, 11) is 3.96. The Morgan fingerprint density at radius 3 is 2.74 bits per heavy atom. The molecule has 1 aromatic carbocycles. The van der Waals surface area contributed by atoms with Gasteiger partial charge in [0.2, 0.25) is 0 Å². The van der Waals surface area contributed by atoms with Crippen LogP contribution in [0.3, 0.4) is 0 Å². The topological polar surface area (TPSA) is 24.5 Å². The largest absolute Gasteiger partial charge is 0.496 e. The van der Waals surface area contributed by atoms with Crippen molar-refractivity contribution in [3.8, 4) is 5.75 Å². The summed E-state index contributed by atoms with van der Waals surface area (Å²) in [4.78, 5) is 2.44. The molecule has 1 aliphatic rings. The number of hydrogen-bond donors (Lipinski definition) is 1. The number of ether oxygens (including phenoxy) is 1. The second kappa shape index (κ2) is 6.40. The van der Waals surface area contributed by atoms with Gasteiger partial charge < -0.3 is 15.0 Å². The van der Waals surface area contributed by atoms with E-state index in [9.17, 15) is 0 Å². The maximum Gasteiger partial charge on any atom is 0.122 e. The Labute approximate surface area is 116 Å². The minimum atomic E-state index is 0.810. The van der Waals surface area contributed by atoms with Crippen LogP contribution in [-0.4, -0.2) is 38.7 Å². The van der Waals surface area contributed by atoms with Gasteiger partial charge in [-0.3, -0.25) is 0 Å². The summed E-state index contributed by atoms with van der Waals surface area (Å²) in [6, 6.07) is 4.28. The lowest BCUT2D eigenvalue weighted by Gasteiger charge is -2.22. The second-order valence-corrected chi connectivity index (χ2v) is 5.73. The highest BCUT2D eigenvalue weighted by atomic mass is 16.5. The fourth-order valence-corrected chi connectivity index (χ4v) is 2.91. The molecule has 0 spiro atoms. The van der Waals surface area contributed by atoms with Gasteiger partial charge in [-0.05, 0) is 69.1 Å². The lowest BCUT2D eigenvalue weighted by atomic mass is 10.0.